The third kappa shape index (κ3) is 3.77. The van der Waals surface area contributed by atoms with Gasteiger partial charge in [0.25, 0.3) is 0 Å². The molecule has 3 nitrogen and oxygen atoms in total. The first kappa shape index (κ1) is 16.3. The van der Waals surface area contributed by atoms with Gasteiger partial charge in [-0.3, -0.25) is 0 Å². The van der Waals surface area contributed by atoms with Gasteiger partial charge in [0, 0.05) is 12.6 Å². The Balaban J connectivity index is 1.38. The minimum Gasteiger partial charge on any atom is -0.443 e. The van der Waals surface area contributed by atoms with Gasteiger partial charge in [0.15, 0.2) is 12.0 Å². The highest BCUT2D eigenvalue weighted by Gasteiger charge is 2.26. The van der Waals surface area contributed by atoms with E-state index in [2.05, 4.69) is 60.5 Å². The van der Waals surface area contributed by atoms with Crippen LogP contribution in [-0.2, 0) is 6.54 Å². The van der Waals surface area contributed by atoms with Gasteiger partial charge in [0.1, 0.15) is 5.52 Å². The lowest BCUT2D eigenvalue weighted by Crippen LogP contribution is -2.35. The van der Waals surface area contributed by atoms with Gasteiger partial charge >= 0.3 is 0 Å². The molecule has 0 spiro atoms. The number of rotatable bonds is 4. The van der Waals surface area contributed by atoms with E-state index in [1.54, 1.807) is 0 Å². The predicted molar refractivity (Wildman–Crippen MR) is 102 cm³/mol. The van der Waals surface area contributed by atoms with Crippen molar-refractivity contribution in [2.45, 2.75) is 52.1 Å². The third-order valence-corrected chi connectivity index (χ3v) is 5.55. The van der Waals surface area contributed by atoms with Crippen LogP contribution in [0.3, 0.4) is 0 Å². The van der Waals surface area contributed by atoms with E-state index < -0.39 is 0 Å². The molecule has 25 heavy (non-hydrogen) atoms. The number of nitrogens with one attached hydrogen (secondary N) is 1. The molecular weight excluding hydrogens is 308 g/mol. The van der Waals surface area contributed by atoms with Crippen LogP contribution in [-0.4, -0.2) is 11.0 Å². The molecule has 3 heteroatoms. The van der Waals surface area contributed by atoms with Crippen molar-refractivity contribution < 1.29 is 4.42 Å². The first-order chi connectivity index (χ1) is 12.1. The highest BCUT2D eigenvalue weighted by atomic mass is 16.3. The van der Waals surface area contributed by atoms with Gasteiger partial charge in [-0.2, -0.15) is 0 Å². The van der Waals surface area contributed by atoms with E-state index in [0.29, 0.717) is 11.5 Å². The molecule has 1 heterocycles. The Morgan fingerprint density at radius 3 is 2.52 bits per heavy atom. The number of oxazole rings is 1. The van der Waals surface area contributed by atoms with E-state index >= 15 is 0 Å². The third-order valence-electron chi connectivity index (χ3n) is 5.55. The molecule has 3 aromatic rings. The summed E-state index contributed by atoms with van der Waals surface area (Å²) < 4.78 is 5.31. The summed E-state index contributed by atoms with van der Waals surface area (Å²) >= 11 is 0. The van der Waals surface area contributed by atoms with Gasteiger partial charge in [-0.15, -0.1) is 0 Å². The van der Waals surface area contributed by atoms with E-state index in [4.69, 9.17) is 4.42 Å². The summed E-state index contributed by atoms with van der Waals surface area (Å²) in [4.78, 5) is 4.24. The fraction of sp³-hybridized carbons (Fsp3) is 0.409. The van der Waals surface area contributed by atoms with Crippen LogP contribution < -0.4 is 5.32 Å². The maximum atomic E-state index is 5.31. The number of aromatic nitrogens is 1. The van der Waals surface area contributed by atoms with Crippen molar-refractivity contribution in [3.05, 3.63) is 54.4 Å². The van der Waals surface area contributed by atoms with Crippen molar-refractivity contribution in [2.75, 3.05) is 0 Å². The van der Waals surface area contributed by atoms with Gasteiger partial charge < -0.3 is 9.73 Å². The molecule has 2 aromatic carbocycles. The number of nitrogens with zero attached hydrogens (tertiary/aromatic N) is 1. The predicted octanol–water partition coefficient (Wildman–Crippen LogP) is 5.55. The molecule has 1 aliphatic carbocycles. The molecule has 1 aromatic heterocycles. The van der Waals surface area contributed by atoms with Crippen molar-refractivity contribution in [1.29, 1.82) is 0 Å². The number of hydrogen-bond donors (Lipinski definition) is 1. The normalized spacial score (nSPS) is 17.8. The summed E-state index contributed by atoms with van der Waals surface area (Å²) in [7, 11) is 0. The Labute approximate surface area is 149 Å². The summed E-state index contributed by atoms with van der Waals surface area (Å²) in [6, 6.07) is 15.7. The van der Waals surface area contributed by atoms with Crippen molar-refractivity contribution >= 4 is 11.1 Å². The van der Waals surface area contributed by atoms with Crippen LogP contribution in [0, 0.1) is 5.41 Å². The van der Waals surface area contributed by atoms with Gasteiger partial charge in [0.05, 0.1) is 0 Å². The molecule has 0 unspecified atom stereocenters. The Bertz CT molecular complexity index is 838. The number of benzene rings is 2. The summed E-state index contributed by atoms with van der Waals surface area (Å²) in [5.74, 6) is 0. The van der Waals surface area contributed by atoms with Crippen LogP contribution in [0.5, 0.6) is 0 Å². The molecule has 1 aliphatic rings. The summed E-state index contributed by atoms with van der Waals surface area (Å²) in [6.07, 6.45) is 6.74. The van der Waals surface area contributed by atoms with Crippen molar-refractivity contribution in [2.24, 2.45) is 5.41 Å². The molecule has 0 aliphatic heterocycles. The standard InChI is InChI=1S/C22H26N2O/c1-22(2)11-9-19(10-12-22)23-14-16-3-5-17(6-4-16)18-7-8-21-20(13-18)24-15-25-21/h3-8,13,15,19,23H,9-12,14H2,1-2H3. The van der Waals surface area contributed by atoms with Crippen molar-refractivity contribution in [3.63, 3.8) is 0 Å². The quantitative estimate of drug-likeness (QED) is 0.679. The SMILES string of the molecule is CC1(C)CCC(NCc2ccc(-c3ccc4ocnc4c3)cc2)CC1. The van der Waals surface area contributed by atoms with Gasteiger partial charge in [0.2, 0.25) is 0 Å². The maximum Gasteiger partial charge on any atom is 0.181 e. The summed E-state index contributed by atoms with van der Waals surface area (Å²) in [5, 5.41) is 3.73. The first-order valence-corrected chi connectivity index (χ1v) is 9.25. The zero-order chi connectivity index (χ0) is 17.3. The van der Waals surface area contributed by atoms with Crippen LogP contribution in [0.2, 0.25) is 0 Å². The highest BCUT2D eigenvalue weighted by molar-refractivity contribution is 5.80. The lowest BCUT2D eigenvalue weighted by Gasteiger charge is -2.34. The van der Waals surface area contributed by atoms with Crippen LogP contribution in [0.25, 0.3) is 22.2 Å². The van der Waals surface area contributed by atoms with Crippen LogP contribution in [0.15, 0.2) is 53.3 Å². The molecule has 4 rings (SSSR count). The molecule has 1 fully saturated rings. The lowest BCUT2D eigenvalue weighted by molar-refractivity contribution is 0.206. The average molecular weight is 334 g/mol. The summed E-state index contributed by atoms with van der Waals surface area (Å²) in [5.41, 5.74) is 6.01. The molecule has 0 bridgehead atoms. The van der Waals surface area contributed by atoms with Gasteiger partial charge in [-0.25, -0.2) is 4.98 Å². The molecule has 1 N–H and O–H groups in total. The fourth-order valence-electron chi connectivity index (χ4n) is 3.72. The first-order valence-electron chi connectivity index (χ1n) is 9.25. The maximum absolute atomic E-state index is 5.31. The van der Waals surface area contributed by atoms with E-state index in [-0.39, 0.29) is 0 Å². The molecule has 0 amide bonds. The average Bonchev–Trinajstić information content (AvgIpc) is 3.09. The van der Waals surface area contributed by atoms with Gasteiger partial charge in [-0.05, 0) is 59.9 Å². The molecule has 0 atom stereocenters. The smallest absolute Gasteiger partial charge is 0.181 e. The molecule has 1 saturated carbocycles. The van der Waals surface area contributed by atoms with Crippen molar-refractivity contribution in [1.82, 2.24) is 10.3 Å². The second-order valence-corrected chi connectivity index (χ2v) is 8.05. The fourth-order valence-corrected chi connectivity index (χ4v) is 3.72. The number of fused-ring (bicyclic) bond motifs is 1. The molecule has 0 radical (unpaired) electrons. The van der Waals surface area contributed by atoms with E-state index in [1.165, 1.54) is 48.8 Å². The van der Waals surface area contributed by atoms with E-state index in [0.717, 1.165) is 17.6 Å². The topological polar surface area (TPSA) is 38.1 Å². The Hall–Kier alpha value is -2.13. The largest absolute Gasteiger partial charge is 0.443 e. The van der Waals surface area contributed by atoms with E-state index in [1.807, 2.05) is 6.07 Å². The van der Waals surface area contributed by atoms with Crippen LogP contribution in [0.1, 0.15) is 45.1 Å². The van der Waals surface area contributed by atoms with Crippen LogP contribution >= 0.6 is 0 Å². The second kappa shape index (κ2) is 6.64. The van der Waals surface area contributed by atoms with Gasteiger partial charge in [-0.1, -0.05) is 44.2 Å². The highest BCUT2D eigenvalue weighted by Crippen LogP contribution is 2.35. The van der Waals surface area contributed by atoms with Crippen molar-refractivity contribution in [3.8, 4) is 11.1 Å². The zero-order valence-corrected chi connectivity index (χ0v) is 15.1. The monoisotopic (exact) mass is 334 g/mol. The molecule has 130 valence electrons. The molecule has 0 saturated heterocycles. The minimum atomic E-state index is 0.533. The lowest BCUT2D eigenvalue weighted by atomic mass is 9.75. The number of hydrogen-bond acceptors (Lipinski definition) is 3. The molecular formula is C22H26N2O. The Morgan fingerprint density at radius 1 is 1.04 bits per heavy atom. The second-order valence-electron chi connectivity index (χ2n) is 8.05. The van der Waals surface area contributed by atoms with Crippen LogP contribution in [0.4, 0.5) is 0 Å². The van der Waals surface area contributed by atoms with E-state index in [9.17, 15) is 0 Å². The minimum absolute atomic E-state index is 0.533. The summed E-state index contributed by atoms with van der Waals surface area (Å²) in [6.45, 7) is 5.73. The zero-order valence-electron chi connectivity index (χ0n) is 15.1. The Kier molecular flexibility index (Phi) is 4.34. The Morgan fingerprint density at radius 2 is 1.76 bits per heavy atom.